The molecule has 2 fully saturated rings. The van der Waals surface area contributed by atoms with E-state index in [1.807, 2.05) is 4.90 Å². The number of amides is 2. The zero-order chi connectivity index (χ0) is 17.3. The number of rotatable bonds is 4. The summed E-state index contributed by atoms with van der Waals surface area (Å²) in [6.07, 6.45) is 3.18. The van der Waals surface area contributed by atoms with Gasteiger partial charge < -0.3 is 21.0 Å². The van der Waals surface area contributed by atoms with Crippen molar-refractivity contribution in [3.8, 4) is 0 Å². The van der Waals surface area contributed by atoms with Crippen LogP contribution in [0.3, 0.4) is 0 Å². The van der Waals surface area contributed by atoms with Gasteiger partial charge in [-0.15, -0.1) is 0 Å². The van der Waals surface area contributed by atoms with Crippen LogP contribution in [0.4, 0.5) is 16.0 Å². The van der Waals surface area contributed by atoms with Crippen molar-refractivity contribution in [2.75, 3.05) is 30.0 Å². The molecule has 2 aliphatic heterocycles. The summed E-state index contributed by atoms with van der Waals surface area (Å²) in [5.41, 5.74) is 7.40. The number of primary amides is 1. The molecule has 3 heterocycles. The number of pyridine rings is 1. The van der Waals surface area contributed by atoms with E-state index in [0.717, 1.165) is 31.9 Å². The lowest BCUT2D eigenvalue weighted by atomic mass is 10.0. The van der Waals surface area contributed by atoms with Crippen LogP contribution in [0, 0.1) is 5.82 Å². The highest BCUT2D eigenvalue weighted by Crippen LogP contribution is 2.28. The molecule has 0 radical (unpaired) electrons. The van der Waals surface area contributed by atoms with E-state index in [-0.39, 0.29) is 29.1 Å². The van der Waals surface area contributed by atoms with Crippen molar-refractivity contribution in [3.63, 3.8) is 0 Å². The van der Waals surface area contributed by atoms with Crippen LogP contribution in [-0.2, 0) is 4.79 Å². The number of nitrogen functional groups attached to an aromatic ring is 1. The Balaban J connectivity index is 1.85. The third kappa shape index (κ3) is 2.99. The zero-order valence-corrected chi connectivity index (χ0v) is 13.3. The Labute approximate surface area is 138 Å². The molecule has 1 atom stereocenters. The molecule has 0 saturated carbocycles. The van der Waals surface area contributed by atoms with Gasteiger partial charge in [-0.2, -0.15) is 0 Å². The molecule has 0 unspecified atom stereocenters. The van der Waals surface area contributed by atoms with Crippen molar-refractivity contribution in [2.24, 2.45) is 11.6 Å². The number of likely N-dealkylation sites (tertiary alicyclic amines) is 1. The molecule has 24 heavy (non-hydrogen) atoms. The Morgan fingerprint density at radius 1 is 1.38 bits per heavy atom. The van der Waals surface area contributed by atoms with Crippen molar-refractivity contribution < 1.29 is 14.0 Å². The molecule has 2 aliphatic rings. The van der Waals surface area contributed by atoms with Crippen LogP contribution in [0.5, 0.6) is 0 Å². The summed E-state index contributed by atoms with van der Waals surface area (Å²) in [6, 6.07) is 1.10. The van der Waals surface area contributed by atoms with E-state index in [2.05, 4.69) is 10.4 Å². The molecule has 0 spiro atoms. The summed E-state index contributed by atoms with van der Waals surface area (Å²) < 4.78 is 14.4. The van der Waals surface area contributed by atoms with Gasteiger partial charge in [0.25, 0.3) is 5.91 Å². The molecule has 5 N–H and O–H groups in total. The van der Waals surface area contributed by atoms with Gasteiger partial charge in [0.05, 0.1) is 5.56 Å². The van der Waals surface area contributed by atoms with Gasteiger partial charge in [0.15, 0.2) is 17.5 Å². The van der Waals surface area contributed by atoms with Gasteiger partial charge in [0.2, 0.25) is 5.91 Å². The molecule has 130 valence electrons. The fraction of sp³-hybridized carbons (Fsp3) is 0.533. The molecule has 0 bridgehead atoms. The molecule has 0 aliphatic carbocycles. The molecule has 0 aromatic carbocycles. The van der Waals surface area contributed by atoms with Crippen molar-refractivity contribution in [3.05, 3.63) is 17.4 Å². The summed E-state index contributed by atoms with van der Waals surface area (Å²) >= 11 is 0. The third-order valence-corrected chi connectivity index (χ3v) is 4.61. The van der Waals surface area contributed by atoms with Crippen molar-refractivity contribution in [1.82, 2.24) is 9.88 Å². The number of piperidine rings is 1. The molecule has 2 amide bonds. The standard InChI is InChI=1S/C15H21FN6O2/c16-11-7-10(13(17)24)14(20-18)19-15(11)21-5-1-3-9(8-21)22-6-2-4-12(22)23/h7,9H,1-6,8,18H2,(H2,17,24)(H,19,20)/t9-/m1/s1. The Morgan fingerprint density at radius 3 is 2.79 bits per heavy atom. The second-order valence-electron chi connectivity index (χ2n) is 6.13. The largest absolute Gasteiger partial charge is 0.365 e. The Morgan fingerprint density at radius 2 is 2.17 bits per heavy atom. The van der Waals surface area contributed by atoms with Crippen LogP contribution in [0.15, 0.2) is 6.07 Å². The number of nitrogens with one attached hydrogen (secondary N) is 1. The first-order valence-electron chi connectivity index (χ1n) is 8.02. The second-order valence-corrected chi connectivity index (χ2v) is 6.13. The van der Waals surface area contributed by atoms with Crippen LogP contribution < -0.4 is 21.9 Å². The number of halogens is 1. The van der Waals surface area contributed by atoms with E-state index in [9.17, 15) is 14.0 Å². The van der Waals surface area contributed by atoms with Gasteiger partial charge in [-0.25, -0.2) is 15.2 Å². The van der Waals surface area contributed by atoms with Crippen LogP contribution in [0.25, 0.3) is 0 Å². The van der Waals surface area contributed by atoms with E-state index in [1.54, 1.807) is 4.90 Å². The molecule has 2 saturated heterocycles. The molecule has 8 nitrogen and oxygen atoms in total. The van der Waals surface area contributed by atoms with E-state index in [4.69, 9.17) is 11.6 Å². The average Bonchev–Trinajstić information content (AvgIpc) is 3.00. The summed E-state index contributed by atoms with van der Waals surface area (Å²) in [7, 11) is 0. The number of carbonyl (C=O) groups excluding carboxylic acids is 2. The maximum absolute atomic E-state index is 14.4. The SMILES string of the molecule is NNc1nc(N2CCC[C@@H](N3CCCC3=O)C2)c(F)cc1C(N)=O. The van der Waals surface area contributed by atoms with Crippen LogP contribution in [0.1, 0.15) is 36.0 Å². The zero-order valence-electron chi connectivity index (χ0n) is 13.3. The number of nitrogens with two attached hydrogens (primary N) is 2. The van der Waals surface area contributed by atoms with Crippen LogP contribution in [0.2, 0.25) is 0 Å². The molecular formula is C15H21FN6O2. The lowest BCUT2D eigenvalue weighted by Gasteiger charge is -2.38. The summed E-state index contributed by atoms with van der Waals surface area (Å²) in [4.78, 5) is 31.1. The number of aromatic nitrogens is 1. The quantitative estimate of drug-likeness (QED) is 0.534. The minimum atomic E-state index is -0.805. The maximum atomic E-state index is 14.4. The van der Waals surface area contributed by atoms with Crippen LogP contribution in [-0.4, -0.2) is 47.4 Å². The van der Waals surface area contributed by atoms with Gasteiger partial charge >= 0.3 is 0 Å². The normalized spacial score (nSPS) is 21.2. The highest BCUT2D eigenvalue weighted by Gasteiger charge is 2.32. The lowest BCUT2D eigenvalue weighted by Crippen LogP contribution is -2.49. The maximum Gasteiger partial charge on any atom is 0.252 e. The number of hydrogen-bond donors (Lipinski definition) is 3. The van der Waals surface area contributed by atoms with Crippen molar-refractivity contribution >= 4 is 23.5 Å². The highest BCUT2D eigenvalue weighted by molar-refractivity contribution is 5.97. The van der Waals surface area contributed by atoms with Gasteiger partial charge in [-0.1, -0.05) is 0 Å². The average molecular weight is 336 g/mol. The van der Waals surface area contributed by atoms with Gasteiger partial charge in [-0.3, -0.25) is 9.59 Å². The lowest BCUT2D eigenvalue weighted by molar-refractivity contribution is -0.129. The smallest absolute Gasteiger partial charge is 0.252 e. The van der Waals surface area contributed by atoms with Gasteiger partial charge in [0, 0.05) is 32.1 Å². The molecule has 1 aromatic rings. The van der Waals surface area contributed by atoms with E-state index < -0.39 is 11.7 Å². The summed E-state index contributed by atoms with van der Waals surface area (Å²) in [6.45, 7) is 1.89. The molecule has 9 heteroatoms. The number of nitrogens with zero attached hydrogens (tertiary/aromatic N) is 3. The number of carbonyl (C=O) groups is 2. The molecule has 3 rings (SSSR count). The first-order valence-corrected chi connectivity index (χ1v) is 8.02. The van der Waals surface area contributed by atoms with Crippen LogP contribution >= 0.6 is 0 Å². The number of anilines is 2. The van der Waals surface area contributed by atoms with Gasteiger partial charge in [0.1, 0.15) is 0 Å². The van der Waals surface area contributed by atoms with E-state index in [1.165, 1.54) is 0 Å². The molecular weight excluding hydrogens is 315 g/mol. The monoisotopic (exact) mass is 336 g/mol. The minimum absolute atomic E-state index is 0.0401. The first kappa shape index (κ1) is 16.4. The fourth-order valence-corrected chi connectivity index (χ4v) is 3.46. The van der Waals surface area contributed by atoms with E-state index >= 15 is 0 Å². The van der Waals surface area contributed by atoms with Crippen molar-refractivity contribution in [1.29, 1.82) is 0 Å². The number of hydrazine groups is 1. The van der Waals surface area contributed by atoms with Crippen molar-refractivity contribution in [2.45, 2.75) is 31.7 Å². The summed E-state index contributed by atoms with van der Waals surface area (Å²) in [5, 5.41) is 0. The van der Waals surface area contributed by atoms with Gasteiger partial charge in [-0.05, 0) is 25.3 Å². The predicted octanol–water partition coefficient (Wildman–Crippen LogP) is 0.196. The minimum Gasteiger partial charge on any atom is -0.365 e. The Kier molecular flexibility index (Phi) is 4.52. The predicted molar refractivity (Wildman–Crippen MR) is 86.7 cm³/mol. The second kappa shape index (κ2) is 6.60. The first-order chi connectivity index (χ1) is 11.5. The topological polar surface area (TPSA) is 118 Å². The number of hydrogen-bond acceptors (Lipinski definition) is 6. The Hall–Kier alpha value is -2.42. The third-order valence-electron chi connectivity index (χ3n) is 4.61. The highest BCUT2D eigenvalue weighted by atomic mass is 19.1. The van der Waals surface area contributed by atoms with E-state index in [0.29, 0.717) is 19.5 Å². The fourth-order valence-electron chi connectivity index (χ4n) is 3.46. The summed E-state index contributed by atoms with van der Waals surface area (Å²) in [5.74, 6) is 4.25. The molecule has 1 aromatic heterocycles. The Bertz CT molecular complexity index is 668.